The van der Waals surface area contributed by atoms with Gasteiger partial charge in [-0.1, -0.05) is 36.4 Å². The molecular formula is C18H22N2. The molecule has 2 aromatic carbocycles. The van der Waals surface area contributed by atoms with E-state index in [1.54, 1.807) is 0 Å². The van der Waals surface area contributed by atoms with E-state index in [2.05, 4.69) is 52.7 Å². The first kappa shape index (κ1) is 12.4. The van der Waals surface area contributed by atoms with Crippen LogP contribution in [0.3, 0.4) is 0 Å². The molecule has 1 atom stereocenters. The van der Waals surface area contributed by atoms with Gasteiger partial charge in [0, 0.05) is 32.2 Å². The van der Waals surface area contributed by atoms with Gasteiger partial charge in [0.15, 0.2) is 0 Å². The molecule has 0 unspecified atom stereocenters. The predicted octanol–water partition coefficient (Wildman–Crippen LogP) is 3.20. The Labute approximate surface area is 120 Å². The molecule has 0 aromatic heterocycles. The topological polar surface area (TPSA) is 15.3 Å². The molecule has 0 amide bonds. The van der Waals surface area contributed by atoms with Gasteiger partial charge in [-0.05, 0) is 41.2 Å². The first-order valence-electron chi connectivity index (χ1n) is 7.85. The molecule has 4 rings (SSSR count). The zero-order chi connectivity index (χ0) is 13.4. The van der Waals surface area contributed by atoms with Crippen molar-refractivity contribution in [2.45, 2.75) is 18.9 Å². The van der Waals surface area contributed by atoms with E-state index in [9.17, 15) is 0 Å². The van der Waals surface area contributed by atoms with Gasteiger partial charge in [-0.3, -0.25) is 4.90 Å². The summed E-state index contributed by atoms with van der Waals surface area (Å²) in [6.45, 7) is 4.65. The number of fused-ring (bicyclic) bond motifs is 1. The maximum absolute atomic E-state index is 3.47. The summed E-state index contributed by atoms with van der Waals surface area (Å²) < 4.78 is 0. The summed E-state index contributed by atoms with van der Waals surface area (Å²) in [6.07, 6.45) is 2.81. The van der Waals surface area contributed by atoms with Gasteiger partial charge in [0.1, 0.15) is 0 Å². The maximum Gasteiger partial charge on any atom is 0.0377 e. The van der Waals surface area contributed by atoms with Crippen molar-refractivity contribution in [2.75, 3.05) is 26.2 Å². The average molecular weight is 266 g/mol. The molecule has 2 fully saturated rings. The molecule has 2 heteroatoms. The van der Waals surface area contributed by atoms with Gasteiger partial charge >= 0.3 is 0 Å². The summed E-state index contributed by atoms with van der Waals surface area (Å²) in [5, 5.41) is 6.20. The number of hydrogen-bond donors (Lipinski definition) is 1. The van der Waals surface area contributed by atoms with E-state index in [0.717, 1.165) is 19.0 Å². The van der Waals surface area contributed by atoms with Gasteiger partial charge in [0.25, 0.3) is 0 Å². The van der Waals surface area contributed by atoms with Crippen LogP contribution in [0.5, 0.6) is 0 Å². The van der Waals surface area contributed by atoms with Crippen molar-refractivity contribution < 1.29 is 0 Å². The number of hydrogen-bond acceptors (Lipinski definition) is 2. The lowest BCUT2D eigenvalue weighted by molar-refractivity contribution is 0.156. The maximum atomic E-state index is 3.47. The summed E-state index contributed by atoms with van der Waals surface area (Å²) in [5.74, 6) is 0.884. The molecule has 1 N–H and O–H groups in total. The molecule has 20 heavy (non-hydrogen) atoms. The monoisotopic (exact) mass is 266 g/mol. The van der Waals surface area contributed by atoms with E-state index >= 15 is 0 Å². The second-order valence-electron chi connectivity index (χ2n) is 6.17. The normalized spacial score (nSPS) is 22.0. The number of rotatable bonds is 3. The smallest absolute Gasteiger partial charge is 0.0377 e. The second-order valence-corrected chi connectivity index (χ2v) is 6.17. The van der Waals surface area contributed by atoms with Crippen molar-refractivity contribution in [3.05, 3.63) is 48.0 Å². The van der Waals surface area contributed by atoms with Crippen molar-refractivity contribution in [1.29, 1.82) is 0 Å². The molecule has 0 radical (unpaired) electrons. The van der Waals surface area contributed by atoms with Gasteiger partial charge in [-0.2, -0.15) is 0 Å². The average Bonchev–Trinajstić information content (AvgIpc) is 3.33. The zero-order valence-corrected chi connectivity index (χ0v) is 11.9. The van der Waals surface area contributed by atoms with Crippen LogP contribution in [0.1, 0.15) is 24.4 Å². The van der Waals surface area contributed by atoms with Gasteiger partial charge in [-0.15, -0.1) is 0 Å². The van der Waals surface area contributed by atoms with Gasteiger partial charge in [0.2, 0.25) is 0 Å². The SMILES string of the molecule is c1ccc2cc([C@@H](C3CC3)N3CCNCC3)ccc2c1. The van der Waals surface area contributed by atoms with Gasteiger partial charge in [-0.25, -0.2) is 0 Å². The largest absolute Gasteiger partial charge is 0.314 e. The minimum absolute atomic E-state index is 0.640. The summed E-state index contributed by atoms with van der Waals surface area (Å²) in [4.78, 5) is 2.69. The Hall–Kier alpha value is -1.38. The first-order chi connectivity index (χ1) is 9.92. The molecule has 1 saturated carbocycles. The highest BCUT2D eigenvalue weighted by atomic mass is 15.2. The Morgan fingerprint density at radius 1 is 0.950 bits per heavy atom. The van der Waals surface area contributed by atoms with Crippen LogP contribution in [-0.2, 0) is 0 Å². The fourth-order valence-corrected chi connectivity index (χ4v) is 3.55. The summed E-state index contributed by atoms with van der Waals surface area (Å²) in [7, 11) is 0. The lowest BCUT2D eigenvalue weighted by Crippen LogP contribution is -2.45. The predicted molar refractivity (Wildman–Crippen MR) is 83.9 cm³/mol. The van der Waals surface area contributed by atoms with E-state index in [1.165, 1.54) is 42.3 Å². The summed E-state index contributed by atoms with van der Waals surface area (Å²) >= 11 is 0. The van der Waals surface area contributed by atoms with E-state index in [4.69, 9.17) is 0 Å². The quantitative estimate of drug-likeness (QED) is 0.918. The lowest BCUT2D eigenvalue weighted by Gasteiger charge is -2.35. The minimum Gasteiger partial charge on any atom is -0.314 e. The van der Waals surface area contributed by atoms with E-state index in [1.807, 2.05) is 0 Å². The van der Waals surface area contributed by atoms with Crippen molar-refractivity contribution in [2.24, 2.45) is 5.92 Å². The highest BCUT2D eigenvalue weighted by molar-refractivity contribution is 5.83. The molecule has 2 nitrogen and oxygen atoms in total. The molecule has 0 bridgehead atoms. The summed E-state index contributed by atoms with van der Waals surface area (Å²) in [5.41, 5.74) is 1.52. The van der Waals surface area contributed by atoms with Crippen molar-refractivity contribution >= 4 is 10.8 Å². The number of nitrogens with zero attached hydrogens (tertiary/aromatic N) is 1. The molecule has 0 spiro atoms. The third kappa shape index (κ3) is 2.34. The van der Waals surface area contributed by atoms with Crippen molar-refractivity contribution in [1.82, 2.24) is 10.2 Å². The van der Waals surface area contributed by atoms with Gasteiger partial charge in [0.05, 0.1) is 0 Å². The standard InChI is InChI=1S/C18H22N2/c1-2-4-16-13-17(8-5-14(16)3-1)18(15-6-7-15)20-11-9-19-10-12-20/h1-5,8,13,15,18-19H,6-7,9-12H2/t18-/m1/s1. The third-order valence-corrected chi connectivity index (χ3v) is 4.73. The molecule has 1 aliphatic heterocycles. The van der Waals surface area contributed by atoms with Crippen LogP contribution in [0.15, 0.2) is 42.5 Å². The highest BCUT2D eigenvalue weighted by Crippen LogP contribution is 2.45. The molecule has 1 heterocycles. The van der Waals surface area contributed by atoms with Crippen LogP contribution in [0, 0.1) is 5.92 Å². The van der Waals surface area contributed by atoms with Crippen LogP contribution < -0.4 is 5.32 Å². The molecule has 104 valence electrons. The number of benzene rings is 2. The second kappa shape index (κ2) is 5.19. The Bertz CT molecular complexity index is 597. The van der Waals surface area contributed by atoms with Crippen LogP contribution in [-0.4, -0.2) is 31.1 Å². The Balaban J connectivity index is 1.69. The fraction of sp³-hybridized carbons (Fsp3) is 0.444. The van der Waals surface area contributed by atoms with E-state index < -0.39 is 0 Å². The molecular weight excluding hydrogens is 244 g/mol. The molecule has 2 aliphatic rings. The van der Waals surface area contributed by atoms with E-state index in [-0.39, 0.29) is 0 Å². The van der Waals surface area contributed by atoms with Crippen LogP contribution in [0.2, 0.25) is 0 Å². The summed E-state index contributed by atoms with van der Waals surface area (Å²) in [6, 6.07) is 16.4. The molecule has 2 aromatic rings. The van der Waals surface area contributed by atoms with Crippen molar-refractivity contribution in [3.63, 3.8) is 0 Å². The van der Waals surface area contributed by atoms with Crippen molar-refractivity contribution in [3.8, 4) is 0 Å². The fourth-order valence-electron chi connectivity index (χ4n) is 3.55. The Morgan fingerprint density at radius 2 is 1.70 bits per heavy atom. The molecule has 1 aliphatic carbocycles. The van der Waals surface area contributed by atoms with Crippen LogP contribution in [0.25, 0.3) is 10.8 Å². The number of nitrogens with one attached hydrogen (secondary N) is 1. The van der Waals surface area contributed by atoms with Gasteiger partial charge < -0.3 is 5.32 Å². The number of piperazine rings is 1. The third-order valence-electron chi connectivity index (χ3n) is 4.73. The Kier molecular flexibility index (Phi) is 3.21. The Morgan fingerprint density at radius 3 is 2.45 bits per heavy atom. The van der Waals surface area contributed by atoms with E-state index in [0.29, 0.717) is 6.04 Å². The first-order valence-corrected chi connectivity index (χ1v) is 7.85. The minimum atomic E-state index is 0.640. The van der Waals surface area contributed by atoms with Crippen LogP contribution in [0.4, 0.5) is 0 Å². The zero-order valence-electron chi connectivity index (χ0n) is 11.9. The lowest BCUT2D eigenvalue weighted by atomic mass is 9.97. The molecule has 1 saturated heterocycles. The van der Waals surface area contributed by atoms with Crippen LogP contribution >= 0.6 is 0 Å². The highest BCUT2D eigenvalue weighted by Gasteiger charge is 2.36.